The van der Waals surface area contributed by atoms with Crippen molar-refractivity contribution in [2.45, 2.75) is 0 Å². The van der Waals surface area contributed by atoms with E-state index in [9.17, 15) is 9.90 Å². The molecular formula is C14H11BrN2O3. The number of phenolic OH excluding ortho intramolecular Hbond substituents is 2. The van der Waals surface area contributed by atoms with Crippen LogP contribution in [0.4, 0.5) is 0 Å². The standard InChI is InChI=1S/C14H11BrN2O3/c15-10-3-1-2-9(6-10)8-16-17-14(20)12-5-4-11(18)7-13(12)19/h1-8,18-19H,(H,17,20)/b16-8-. The minimum Gasteiger partial charge on any atom is -0.508 e. The van der Waals surface area contributed by atoms with Gasteiger partial charge in [-0.15, -0.1) is 0 Å². The summed E-state index contributed by atoms with van der Waals surface area (Å²) in [5, 5.41) is 22.5. The van der Waals surface area contributed by atoms with Gasteiger partial charge in [0.25, 0.3) is 5.91 Å². The number of nitrogens with zero attached hydrogens (tertiary/aromatic N) is 1. The second-order valence-corrected chi connectivity index (χ2v) is 4.87. The molecule has 2 aromatic carbocycles. The zero-order valence-corrected chi connectivity index (χ0v) is 11.8. The molecule has 0 spiro atoms. The number of nitrogens with one attached hydrogen (secondary N) is 1. The first-order valence-electron chi connectivity index (χ1n) is 5.67. The molecule has 0 aliphatic carbocycles. The van der Waals surface area contributed by atoms with Crippen LogP contribution in [0, 0.1) is 0 Å². The highest BCUT2D eigenvalue weighted by molar-refractivity contribution is 9.10. The first kappa shape index (κ1) is 14.1. The van der Waals surface area contributed by atoms with Crippen molar-refractivity contribution in [2.75, 3.05) is 0 Å². The van der Waals surface area contributed by atoms with Gasteiger partial charge in [0.1, 0.15) is 11.5 Å². The highest BCUT2D eigenvalue weighted by atomic mass is 79.9. The molecule has 5 nitrogen and oxygen atoms in total. The molecule has 0 unspecified atom stereocenters. The number of carbonyl (C=O) groups is 1. The molecule has 0 bridgehead atoms. The normalized spacial score (nSPS) is 10.7. The third-order valence-electron chi connectivity index (χ3n) is 2.45. The lowest BCUT2D eigenvalue weighted by atomic mass is 10.2. The Labute approximate surface area is 123 Å². The van der Waals surface area contributed by atoms with Crippen molar-refractivity contribution in [3.8, 4) is 11.5 Å². The predicted molar refractivity (Wildman–Crippen MR) is 79.0 cm³/mol. The van der Waals surface area contributed by atoms with Crippen LogP contribution in [0.15, 0.2) is 52.0 Å². The number of aromatic hydroxyl groups is 2. The fourth-order valence-electron chi connectivity index (χ4n) is 1.52. The Morgan fingerprint density at radius 2 is 2.00 bits per heavy atom. The Balaban J connectivity index is 2.05. The lowest BCUT2D eigenvalue weighted by Crippen LogP contribution is -2.17. The maximum Gasteiger partial charge on any atom is 0.275 e. The summed E-state index contributed by atoms with van der Waals surface area (Å²) in [5.74, 6) is -0.981. The molecule has 102 valence electrons. The van der Waals surface area contributed by atoms with E-state index < -0.39 is 5.91 Å². The summed E-state index contributed by atoms with van der Waals surface area (Å²) in [5.41, 5.74) is 3.15. The maximum atomic E-state index is 11.8. The summed E-state index contributed by atoms with van der Waals surface area (Å²) in [7, 11) is 0. The van der Waals surface area contributed by atoms with Crippen molar-refractivity contribution in [3.05, 3.63) is 58.1 Å². The minimum atomic E-state index is -0.561. The number of hydrogen-bond donors (Lipinski definition) is 3. The molecule has 0 radical (unpaired) electrons. The van der Waals surface area contributed by atoms with Gasteiger partial charge in [0, 0.05) is 10.5 Å². The molecule has 0 saturated carbocycles. The van der Waals surface area contributed by atoms with Crippen LogP contribution >= 0.6 is 15.9 Å². The van der Waals surface area contributed by atoms with Crippen molar-refractivity contribution < 1.29 is 15.0 Å². The lowest BCUT2D eigenvalue weighted by Gasteiger charge is -2.03. The number of amides is 1. The average molecular weight is 335 g/mol. The molecule has 2 rings (SSSR count). The van der Waals surface area contributed by atoms with Crippen LogP contribution < -0.4 is 5.43 Å². The van der Waals surface area contributed by atoms with E-state index >= 15 is 0 Å². The summed E-state index contributed by atoms with van der Waals surface area (Å²) in [6, 6.07) is 11.1. The number of hydrazone groups is 1. The molecular weight excluding hydrogens is 324 g/mol. The van der Waals surface area contributed by atoms with Crippen LogP contribution in [-0.2, 0) is 0 Å². The lowest BCUT2D eigenvalue weighted by molar-refractivity contribution is 0.0952. The third kappa shape index (κ3) is 3.58. The smallest absolute Gasteiger partial charge is 0.275 e. The second kappa shape index (κ2) is 6.21. The van der Waals surface area contributed by atoms with E-state index in [4.69, 9.17) is 5.11 Å². The molecule has 0 aromatic heterocycles. The van der Waals surface area contributed by atoms with Gasteiger partial charge in [0.05, 0.1) is 11.8 Å². The molecule has 0 fully saturated rings. The van der Waals surface area contributed by atoms with Gasteiger partial charge < -0.3 is 10.2 Å². The first-order valence-corrected chi connectivity index (χ1v) is 6.46. The average Bonchev–Trinajstić information content (AvgIpc) is 2.38. The summed E-state index contributed by atoms with van der Waals surface area (Å²) in [4.78, 5) is 11.8. The van der Waals surface area contributed by atoms with Gasteiger partial charge in [0.15, 0.2) is 0 Å². The number of halogens is 1. The van der Waals surface area contributed by atoms with Gasteiger partial charge in [-0.25, -0.2) is 5.43 Å². The largest absolute Gasteiger partial charge is 0.508 e. The Kier molecular flexibility index (Phi) is 4.37. The number of phenols is 2. The summed E-state index contributed by atoms with van der Waals surface area (Å²) in [6.45, 7) is 0. The first-order chi connectivity index (χ1) is 9.56. The van der Waals surface area contributed by atoms with Crippen LogP contribution in [0.3, 0.4) is 0 Å². The second-order valence-electron chi connectivity index (χ2n) is 3.96. The summed E-state index contributed by atoms with van der Waals surface area (Å²) in [6.07, 6.45) is 1.49. The summed E-state index contributed by atoms with van der Waals surface area (Å²) >= 11 is 3.33. The number of benzene rings is 2. The molecule has 0 aliphatic rings. The van der Waals surface area contributed by atoms with E-state index in [1.165, 1.54) is 18.3 Å². The van der Waals surface area contributed by atoms with E-state index in [1.807, 2.05) is 24.3 Å². The molecule has 0 aliphatic heterocycles. The monoisotopic (exact) mass is 334 g/mol. The Morgan fingerprint density at radius 3 is 2.70 bits per heavy atom. The van der Waals surface area contributed by atoms with Crippen LogP contribution in [0.2, 0.25) is 0 Å². The summed E-state index contributed by atoms with van der Waals surface area (Å²) < 4.78 is 0.906. The van der Waals surface area contributed by atoms with Crippen molar-refractivity contribution in [1.82, 2.24) is 5.43 Å². The molecule has 2 aromatic rings. The Hall–Kier alpha value is -2.34. The zero-order valence-electron chi connectivity index (χ0n) is 10.2. The fourth-order valence-corrected chi connectivity index (χ4v) is 1.94. The molecule has 0 heterocycles. The molecule has 3 N–H and O–H groups in total. The van der Waals surface area contributed by atoms with Crippen LogP contribution in [0.5, 0.6) is 11.5 Å². The maximum absolute atomic E-state index is 11.8. The van der Waals surface area contributed by atoms with Gasteiger partial charge in [-0.1, -0.05) is 28.1 Å². The highest BCUT2D eigenvalue weighted by Gasteiger charge is 2.10. The fraction of sp³-hybridized carbons (Fsp3) is 0. The number of rotatable bonds is 3. The number of hydrogen-bond acceptors (Lipinski definition) is 4. The van der Waals surface area contributed by atoms with E-state index in [1.54, 1.807) is 0 Å². The SMILES string of the molecule is O=C(N/N=C\c1cccc(Br)c1)c1ccc(O)cc1O. The van der Waals surface area contributed by atoms with E-state index in [2.05, 4.69) is 26.5 Å². The zero-order chi connectivity index (χ0) is 14.5. The van der Waals surface area contributed by atoms with Gasteiger partial charge in [-0.3, -0.25) is 4.79 Å². The molecule has 0 atom stereocenters. The Morgan fingerprint density at radius 1 is 1.20 bits per heavy atom. The van der Waals surface area contributed by atoms with Crippen molar-refractivity contribution in [3.63, 3.8) is 0 Å². The van der Waals surface area contributed by atoms with Crippen LogP contribution in [0.1, 0.15) is 15.9 Å². The van der Waals surface area contributed by atoms with Gasteiger partial charge in [0.2, 0.25) is 0 Å². The van der Waals surface area contributed by atoms with E-state index in [0.29, 0.717) is 0 Å². The number of carbonyl (C=O) groups excluding carboxylic acids is 1. The van der Waals surface area contributed by atoms with Crippen molar-refractivity contribution >= 4 is 28.1 Å². The van der Waals surface area contributed by atoms with Gasteiger partial charge in [-0.05, 0) is 29.8 Å². The van der Waals surface area contributed by atoms with Gasteiger partial charge in [-0.2, -0.15) is 5.10 Å². The van der Waals surface area contributed by atoms with E-state index in [0.717, 1.165) is 16.1 Å². The molecule has 1 amide bonds. The van der Waals surface area contributed by atoms with Gasteiger partial charge >= 0.3 is 0 Å². The highest BCUT2D eigenvalue weighted by Crippen LogP contribution is 2.22. The minimum absolute atomic E-state index is 0.0363. The van der Waals surface area contributed by atoms with Crippen LogP contribution in [-0.4, -0.2) is 22.3 Å². The predicted octanol–water partition coefficient (Wildman–Crippen LogP) is 2.62. The van der Waals surface area contributed by atoms with E-state index in [-0.39, 0.29) is 17.1 Å². The van der Waals surface area contributed by atoms with Crippen molar-refractivity contribution in [2.24, 2.45) is 5.10 Å². The quantitative estimate of drug-likeness (QED) is 0.596. The molecule has 20 heavy (non-hydrogen) atoms. The topological polar surface area (TPSA) is 81.9 Å². The molecule has 6 heteroatoms. The third-order valence-corrected chi connectivity index (χ3v) is 2.95. The van der Waals surface area contributed by atoms with Crippen LogP contribution in [0.25, 0.3) is 0 Å². The Bertz CT molecular complexity index is 671. The van der Waals surface area contributed by atoms with Crippen molar-refractivity contribution in [1.29, 1.82) is 0 Å². The molecule has 0 saturated heterocycles.